The summed E-state index contributed by atoms with van der Waals surface area (Å²) in [5.74, 6) is 0.430. The summed E-state index contributed by atoms with van der Waals surface area (Å²) in [7, 11) is 0. The molecular formula is C6H5N3O2. The fourth-order valence-electron chi connectivity index (χ4n) is 0.698. The Morgan fingerprint density at radius 3 is 2.91 bits per heavy atom. The van der Waals surface area contributed by atoms with Crippen LogP contribution in [-0.2, 0) is 0 Å². The zero-order valence-electron chi connectivity index (χ0n) is 5.81. The van der Waals surface area contributed by atoms with Gasteiger partial charge in [0.25, 0.3) is 0 Å². The first-order valence-electron chi connectivity index (χ1n) is 2.89. The summed E-state index contributed by atoms with van der Waals surface area (Å²) in [6, 6.07) is 2.62. The van der Waals surface area contributed by atoms with E-state index in [1.807, 2.05) is 0 Å². The van der Waals surface area contributed by atoms with E-state index in [1.54, 1.807) is 6.92 Å². The fourth-order valence-corrected chi connectivity index (χ4v) is 0.698. The molecule has 1 aromatic heterocycles. The average Bonchev–Trinajstić information content (AvgIpc) is 1.85. The van der Waals surface area contributed by atoms with Gasteiger partial charge in [0, 0.05) is 16.7 Å². The van der Waals surface area contributed by atoms with Crippen LogP contribution in [0.25, 0.3) is 10.4 Å². The lowest BCUT2D eigenvalue weighted by Gasteiger charge is -1.90. The van der Waals surface area contributed by atoms with Gasteiger partial charge < -0.3 is 4.42 Å². The molecule has 0 saturated carbocycles. The van der Waals surface area contributed by atoms with Crippen molar-refractivity contribution < 1.29 is 4.42 Å². The van der Waals surface area contributed by atoms with E-state index in [4.69, 9.17) is 5.53 Å². The number of azide groups is 1. The number of nitrogens with zero attached hydrogens (tertiary/aromatic N) is 3. The Morgan fingerprint density at radius 1 is 1.64 bits per heavy atom. The second-order valence-electron chi connectivity index (χ2n) is 1.93. The molecule has 0 atom stereocenters. The van der Waals surface area contributed by atoms with Crippen molar-refractivity contribution in [1.29, 1.82) is 0 Å². The molecule has 0 amide bonds. The molecule has 56 valence electrons. The van der Waals surface area contributed by atoms with E-state index in [9.17, 15) is 4.79 Å². The molecule has 1 rings (SSSR count). The molecule has 0 aliphatic carbocycles. The Hall–Kier alpha value is -1.74. The number of hydrogen-bond donors (Lipinski definition) is 0. The molecule has 5 nitrogen and oxygen atoms in total. The van der Waals surface area contributed by atoms with Crippen LogP contribution in [0.2, 0.25) is 0 Å². The fraction of sp³-hybridized carbons (Fsp3) is 0.167. The van der Waals surface area contributed by atoms with Crippen molar-refractivity contribution in [2.24, 2.45) is 5.11 Å². The summed E-state index contributed by atoms with van der Waals surface area (Å²) < 4.78 is 4.63. The summed E-state index contributed by atoms with van der Waals surface area (Å²) in [4.78, 5) is 13.2. The highest BCUT2D eigenvalue weighted by Gasteiger charge is 1.93. The molecule has 0 saturated heterocycles. The van der Waals surface area contributed by atoms with Crippen molar-refractivity contribution in [3.05, 3.63) is 38.8 Å². The third-order valence-corrected chi connectivity index (χ3v) is 1.04. The lowest BCUT2D eigenvalue weighted by Crippen LogP contribution is -1.95. The van der Waals surface area contributed by atoms with Gasteiger partial charge in [0.2, 0.25) is 0 Å². The maximum atomic E-state index is 10.6. The molecule has 0 radical (unpaired) electrons. The van der Waals surface area contributed by atoms with Crippen molar-refractivity contribution in [3.8, 4) is 0 Å². The van der Waals surface area contributed by atoms with E-state index in [0.717, 1.165) is 6.07 Å². The topological polar surface area (TPSA) is 79.0 Å². The Kier molecular flexibility index (Phi) is 1.94. The van der Waals surface area contributed by atoms with E-state index in [2.05, 4.69) is 14.4 Å². The molecule has 1 aromatic rings. The van der Waals surface area contributed by atoms with Crippen molar-refractivity contribution in [2.45, 2.75) is 6.92 Å². The number of hydrogen-bond acceptors (Lipinski definition) is 3. The molecule has 5 heteroatoms. The lowest BCUT2D eigenvalue weighted by molar-refractivity contribution is 0.481. The predicted molar refractivity (Wildman–Crippen MR) is 38.5 cm³/mol. The molecule has 11 heavy (non-hydrogen) atoms. The molecule has 0 bridgehead atoms. The van der Waals surface area contributed by atoms with Crippen molar-refractivity contribution in [2.75, 3.05) is 0 Å². The first kappa shape index (κ1) is 7.37. The minimum atomic E-state index is -0.507. The first-order chi connectivity index (χ1) is 5.22. The zero-order chi connectivity index (χ0) is 8.27. The molecule has 0 aliphatic rings. The van der Waals surface area contributed by atoms with E-state index in [-0.39, 0.29) is 5.69 Å². The maximum absolute atomic E-state index is 10.6. The van der Waals surface area contributed by atoms with Crippen molar-refractivity contribution in [1.82, 2.24) is 0 Å². The van der Waals surface area contributed by atoms with Crippen LogP contribution in [0.5, 0.6) is 0 Å². The number of rotatable bonds is 1. The smallest absolute Gasteiger partial charge is 0.336 e. The van der Waals surface area contributed by atoms with Gasteiger partial charge >= 0.3 is 5.63 Å². The van der Waals surface area contributed by atoms with Crippen LogP contribution in [0.3, 0.4) is 0 Å². The van der Waals surface area contributed by atoms with E-state index < -0.39 is 5.63 Å². The van der Waals surface area contributed by atoms with Crippen LogP contribution >= 0.6 is 0 Å². The SMILES string of the molecule is Cc1cc(N=[N+]=[N-])cc(=O)o1. The summed E-state index contributed by atoms with van der Waals surface area (Å²) in [6.45, 7) is 1.61. The van der Waals surface area contributed by atoms with Crippen molar-refractivity contribution >= 4 is 5.69 Å². The minimum absolute atomic E-state index is 0.279. The van der Waals surface area contributed by atoms with Crippen molar-refractivity contribution in [3.63, 3.8) is 0 Å². The zero-order valence-corrected chi connectivity index (χ0v) is 5.81. The van der Waals surface area contributed by atoms with Gasteiger partial charge in [0.15, 0.2) is 0 Å². The predicted octanol–water partition coefficient (Wildman–Crippen LogP) is 1.89. The van der Waals surface area contributed by atoms with Crippen LogP contribution in [-0.4, -0.2) is 0 Å². The summed E-state index contributed by atoms with van der Waals surface area (Å²) in [5.41, 5.74) is 7.80. The first-order valence-corrected chi connectivity index (χ1v) is 2.89. The lowest BCUT2D eigenvalue weighted by atomic mass is 10.4. The molecule has 0 aliphatic heterocycles. The van der Waals surface area contributed by atoms with Gasteiger partial charge in [0.05, 0.1) is 0 Å². The largest absolute Gasteiger partial charge is 0.428 e. The third-order valence-electron chi connectivity index (χ3n) is 1.04. The maximum Gasteiger partial charge on any atom is 0.336 e. The molecule has 0 fully saturated rings. The average molecular weight is 151 g/mol. The quantitative estimate of drug-likeness (QED) is 0.349. The summed E-state index contributed by atoms with van der Waals surface area (Å²) >= 11 is 0. The highest BCUT2D eigenvalue weighted by molar-refractivity contribution is 5.34. The van der Waals surface area contributed by atoms with Crippen LogP contribution in [0.1, 0.15) is 5.76 Å². The second-order valence-corrected chi connectivity index (χ2v) is 1.93. The Bertz CT molecular complexity index is 362. The highest BCUT2D eigenvalue weighted by Crippen LogP contribution is 2.09. The standard InChI is InChI=1S/C6H5N3O2/c1-4-2-5(8-9-7)3-6(10)11-4/h2-3H,1H3. The molecule has 1 heterocycles. The molecule has 0 N–H and O–H groups in total. The normalized spacial score (nSPS) is 8.82. The van der Waals surface area contributed by atoms with E-state index in [0.29, 0.717) is 5.76 Å². The van der Waals surface area contributed by atoms with Gasteiger partial charge in [-0.3, -0.25) is 0 Å². The third kappa shape index (κ3) is 1.84. The van der Waals surface area contributed by atoms with Crippen LogP contribution in [0, 0.1) is 6.92 Å². The summed E-state index contributed by atoms with van der Waals surface area (Å²) in [6.07, 6.45) is 0. The van der Waals surface area contributed by atoms with E-state index >= 15 is 0 Å². The van der Waals surface area contributed by atoms with Crippen LogP contribution in [0.4, 0.5) is 5.69 Å². The minimum Gasteiger partial charge on any atom is -0.428 e. The van der Waals surface area contributed by atoms with Crippen LogP contribution < -0.4 is 5.63 Å². The summed E-state index contributed by atoms with van der Waals surface area (Å²) in [5, 5.41) is 3.25. The molecule has 0 spiro atoms. The molecular weight excluding hydrogens is 146 g/mol. The van der Waals surface area contributed by atoms with Gasteiger partial charge in [-0.2, -0.15) is 0 Å². The monoisotopic (exact) mass is 151 g/mol. The number of aryl methyl sites for hydroxylation is 1. The molecule has 0 aromatic carbocycles. The Balaban J connectivity index is 3.29. The van der Waals surface area contributed by atoms with Crippen LogP contribution in [0.15, 0.2) is 26.5 Å². The Morgan fingerprint density at radius 2 is 2.36 bits per heavy atom. The van der Waals surface area contributed by atoms with Gasteiger partial charge in [-0.1, -0.05) is 5.11 Å². The van der Waals surface area contributed by atoms with E-state index in [1.165, 1.54) is 6.07 Å². The molecule has 0 unspecified atom stereocenters. The van der Waals surface area contributed by atoms with Gasteiger partial charge in [-0.25, -0.2) is 4.79 Å². The second kappa shape index (κ2) is 2.90. The van der Waals surface area contributed by atoms with Gasteiger partial charge in [-0.15, -0.1) is 0 Å². The highest BCUT2D eigenvalue weighted by atomic mass is 16.4. The van der Waals surface area contributed by atoms with Gasteiger partial charge in [-0.05, 0) is 18.5 Å². The van der Waals surface area contributed by atoms with Gasteiger partial charge in [0.1, 0.15) is 5.76 Å². The Labute approximate surface area is 61.9 Å².